The number of rotatable bonds is 0. The molecule has 104 valence electrons. The number of carbonyl (C=O) groups excluding carboxylic acids is 1. The number of anilines is 2. The second-order valence-corrected chi connectivity index (χ2v) is 6.04. The Morgan fingerprint density at radius 2 is 2.00 bits per heavy atom. The molecule has 0 atom stereocenters. The van der Waals surface area contributed by atoms with E-state index in [9.17, 15) is 4.79 Å². The Kier molecular flexibility index (Phi) is 3.43. The summed E-state index contributed by atoms with van der Waals surface area (Å²) in [7, 11) is 0. The minimum atomic E-state index is -0.472. The number of hydrogen-bond acceptors (Lipinski definition) is 3. The molecule has 2 rings (SSSR count). The summed E-state index contributed by atoms with van der Waals surface area (Å²) in [5.41, 5.74) is 3.75. The quantitative estimate of drug-likeness (QED) is 0.778. The number of benzene rings is 1. The first kappa shape index (κ1) is 13.7. The van der Waals surface area contributed by atoms with Crippen LogP contribution in [-0.2, 0) is 4.74 Å². The van der Waals surface area contributed by atoms with Gasteiger partial charge in [0, 0.05) is 13.1 Å². The maximum Gasteiger partial charge on any atom is 0.414 e. The van der Waals surface area contributed by atoms with Crippen molar-refractivity contribution in [1.29, 1.82) is 0 Å². The summed E-state index contributed by atoms with van der Waals surface area (Å²) in [6.07, 6.45) is -0.276. The van der Waals surface area contributed by atoms with E-state index in [1.807, 2.05) is 27.7 Å². The summed E-state index contributed by atoms with van der Waals surface area (Å²) in [4.78, 5) is 14.0. The second kappa shape index (κ2) is 4.76. The summed E-state index contributed by atoms with van der Waals surface area (Å²) in [6.45, 7) is 11.1. The molecule has 1 aromatic rings. The zero-order valence-corrected chi connectivity index (χ0v) is 12.3. The van der Waals surface area contributed by atoms with Crippen molar-refractivity contribution in [3.63, 3.8) is 0 Å². The van der Waals surface area contributed by atoms with E-state index < -0.39 is 5.60 Å². The van der Waals surface area contributed by atoms with Gasteiger partial charge >= 0.3 is 6.09 Å². The van der Waals surface area contributed by atoms with E-state index >= 15 is 0 Å². The van der Waals surface area contributed by atoms with Gasteiger partial charge in [-0.05, 0) is 51.8 Å². The molecule has 4 heteroatoms. The van der Waals surface area contributed by atoms with Crippen molar-refractivity contribution in [2.45, 2.75) is 40.2 Å². The maximum atomic E-state index is 12.3. The zero-order valence-electron chi connectivity index (χ0n) is 12.3. The van der Waals surface area contributed by atoms with Gasteiger partial charge in [-0.15, -0.1) is 0 Å². The number of fused-ring (bicyclic) bond motifs is 1. The Hall–Kier alpha value is -1.71. The molecule has 1 aliphatic heterocycles. The highest BCUT2D eigenvalue weighted by molar-refractivity contribution is 5.95. The molecule has 1 amide bonds. The van der Waals surface area contributed by atoms with Gasteiger partial charge in [-0.3, -0.25) is 4.90 Å². The van der Waals surface area contributed by atoms with Crippen LogP contribution in [0.5, 0.6) is 0 Å². The Balaban J connectivity index is 2.35. The minimum absolute atomic E-state index is 0.276. The van der Waals surface area contributed by atoms with Crippen molar-refractivity contribution in [2.75, 3.05) is 23.3 Å². The number of ether oxygens (including phenoxy) is 1. The number of nitrogens with zero attached hydrogens (tertiary/aromatic N) is 1. The average Bonchev–Trinajstić information content (AvgIpc) is 2.25. The third-order valence-electron chi connectivity index (χ3n) is 2.98. The average molecular weight is 262 g/mol. The molecular weight excluding hydrogens is 240 g/mol. The molecule has 0 spiro atoms. The van der Waals surface area contributed by atoms with Gasteiger partial charge in [0.1, 0.15) is 5.60 Å². The van der Waals surface area contributed by atoms with Crippen LogP contribution in [0.15, 0.2) is 12.1 Å². The van der Waals surface area contributed by atoms with E-state index in [0.29, 0.717) is 6.54 Å². The van der Waals surface area contributed by atoms with Crippen LogP contribution in [0.1, 0.15) is 31.9 Å². The molecule has 0 radical (unpaired) electrons. The lowest BCUT2D eigenvalue weighted by atomic mass is 10.1. The van der Waals surface area contributed by atoms with Gasteiger partial charge in [-0.1, -0.05) is 6.07 Å². The molecule has 0 aliphatic carbocycles. The van der Waals surface area contributed by atoms with Gasteiger partial charge in [-0.25, -0.2) is 4.79 Å². The lowest BCUT2D eigenvalue weighted by Crippen LogP contribution is -2.42. The smallest absolute Gasteiger partial charge is 0.414 e. The Labute approximate surface area is 114 Å². The topological polar surface area (TPSA) is 41.6 Å². The van der Waals surface area contributed by atoms with Crippen molar-refractivity contribution in [3.8, 4) is 0 Å². The van der Waals surface area contributed by atoms with Gasteiger partial charge in [0.05, 0.1) is 11.4 Å². The molecule has 0 saturated carbocycles. The molecule has 0 saturated heterocycles. The second-order valence-electron chi connectivity index (χ2n) is 6.04. The molecule has 1 N–H and O–H groups in total. The van der Waals surface area contributed by atoms with E-state index in [4.69, 9.17) is 4.74 Å². The molecule has 4 nitrogen and oxygen atoms in total. The highest BCUT2D eigenvalue weighted by atomic mass is 16.6. The van der Waals surface area contributed by atoms with Crippen LogP contribution in [0.4, 0.5) is 16.2 Å². The van der Waals surface area contributed by atoms with E-state index in [-0.39, 0.29) is 6.09 Å². The summed E-state index contributed by atoms with van der Waals surface area (Å²) >= 11 is 0. The van der Waals surface area contributed by atoms with Gasteiger partial charge in [-0.2, -0.15) is 0 Å². The predicted octanol–water partition coefficient (Wildman–Crippen LogP) is 3.47. The van der Waals surface area contributed by atoms with Crippen molar-refractivity contribution in [3.05, 3.63) is 23.3 Å². The van der Waals surface area contributed by atoms with Crippen LogP contribution in [0.3, 0.4) is 0 Å². The molecule has 1 heterocycles. The largest absolute Gasteiger partial charge is 0.443 e. The summed E-state index contributed by atoms with van der Waals surface area (Å²) in [5, 5.41) is 3.34. The monoisotopic (exact) mass is 262 g/mol. The molecule has 0 aromatic heterocycles. The molecule has 19 heavy (non-hydrogen) atoms. The fourth-order valence-corrected chi connectivity index (χ4v) is 2.37. The van der Waals surface area contributed by atoms with Gasteiger partial charge in [0.25, 0.3) is 0 Å². The van der Waals surface area contributed by atoms with E-state index in [2.05, 4.69) is 24.4 Å². The van der Waals surface area contributed by atoms with Crippen molar-refractivity contribution < 1.29 is 9.53 Å². The minimum Gasteiger partial charge on any atom is -0.443 e. The fraction of sp³-hybridized carbons (Fsp3) is 0.533. The van der Waals surface area contributed by atoms with Crippen LogP contribution in [0, 0.1) is 13.8 Å². The Morgan fingerprint density at radius 1 is 1.32 bits per heavy atom. The normalized spacial score (nSPS) is 14.7. The van der Waals surface area contributed by atoms with Crippen LogP contribution in [0.25, 0.3) is 0 Å². The molecule has 0 unspecified atom stereocenters. The first-order chi connectivity index (χ1) is 8.78. The fourth-order valence-electron chi connectivity index (χ4n) is 2.37. The molecule has 0 fully saturated rings. The van der Waals surface area contributed by atoms with E-state index in [1.54, 1.807) is 4.90 Å². The zero-order chi connectivity index (χ0) is 14.2. The number of carbonyl (C=O) groups is 1. The molecular formula is C15H22N2O2. The maximum absolute atomic E-state index is 12.3. The highest BCUT2D eigenvalue weighted by Crippen LogP contribution is 2.34. The predicted molar refractivity (Wildman–Crippen MR) is 78.0 cm³/mol. The van der Waals surface area contributed by atoms with Crippen molar-refractivity contribution in [1.82, 2.24) is 0 Å². The van der Waals surface area contributed by atoms with Gasteiger partial charge in [0.15, 0.2) is 0 Å². The van der Waals surface area contributed by atoms with Crippen LogP contribution < -0.4 is 10.2 Å². The highest BCUT2D eigenvalue weighted by Gasteiger charge is 2.28. The first-order valence-corrected chi connectivity index (χ1v) is 6.63. The van der Waals surface area contributed by atoms with Crippen LogP contribution in [-0.4, -0.2) is 24.8 Å². The summed E-state index contributed by atoms with van der Waals surface area (Å²) < 4.78 is 5.48. The lowest BCUT2D eigenvalue weighted by molar-refractivity contribution is 0.0580. The Morgan fingerprint density at radius 3 is 2.63 bits per heavy atom. The summed E-state index contributed by atoms with van der Waals surface area (Å²) in [5.74, 6) is 0. The number of hydrogen-bond donors (Lipinski definition) is 1. The summed E-state index contributed by atoms with van der Waals surface area (Å²) in [6, 6.07) is 4.15. The van der Waals surface area contributed by atoms with Gasteiger partial charge < -0.3 is 10.1 Å². The standard InChI is InChI=1S/C15H22N2O2/c1-10-8-11(2)13-12(9-10)16-6-7-17(13)14(18)19-15(3,4)5/h8-9,16H,6-7H2,1-5H3. The molecule has 0 bridgehead atoms. The van der Waals surface area contributed by atoms with Crippen LogP contribution >= 0.6 is 0 Å². The van der Waals surface area contributed by atoms with Crippen molar-refractivity contribution in [2.24, 2.45) is 0 Å². The van der Waals surface area contributed by atoms with Crippen molar-refractivity contribution >= 4 is 17.5 Å². The first-order valence-electron chi connectivity index (χ1n) is 6.63. The third-order valence-corrected chi connectivity index (χ3v) is 2.98. The third kappa shape index (κ3) is 3.00. The van der Waals surface area contributed by atoms with E-state index in [0.717, 1.165) is 23.5 Å². The number of aryl methyl sites for hydroxylation is 2. The molecule has 1 aliphatic rings. The van der Waals surface area contributed by atoms with E-state index in [1.165, 1.54) is 5.56 Å². The van der Waals surface area contributed by atoms with Crippen LogP contribution in [0.2, 0.25) is 0 Å². The number of amides is 1. The lowest BCUT2D eigenvalue weighted by Gasteiger charge is -2.33. The Bertz CT molecular complexity index is 504. The molecule has 1 aromatic carbocycles. The van der Waals surface area contributed by atoms with Gasteiger partial charge in [0.2, 0.25) is 0 Å². The number of nitrogens with one attached hydrogen (secondary N) is 1. The SMILES string of the molecule is Cc1cc(C)c2c(c1)NCCN2C(=O)OC(C)(C)C.